The number of nitrogens with zero attached hydrogens (tertiary/aromatic N) is 1. The monoisotopic (exact) mass is 338 g/mol. The summed E-state index contributed by atoms with van der Waals surface area (Å²) < 4.78 is 14.5. The van der Waals surface area contributed by atoms with E-state index in [2.05, 4.69) is 16.7 Å². The molecule has 0 unspecified atom stereocenters. The molecule has 2 rings (SSSR count). The van der Waals surface area contributed by atoms with Gasteiger partial charge in [-0.1, -0.05) is 6.92 Å². The average Bonchev–Trinajstić information content (AvgIpc) is 2.88. The van der Waals surface area contributed by atoms with Crippen molar-refractivity contribution in [2.75, 3.05) is 19.6 Å². The molecule has 1 aromatic heterocycles. The number of amides is 1. The van der Waals surface area contributed by atoms with Crippen LogP contribution in [0.15, 0.2) is 13.6 Å². The van der Waals surface area contributed by atoms with E-state index in [4.69, 9.17) is 20.0 Å². The summed E-state index contributed by atoms with van der Waals surface area (Å²) in [4.78, 5) is 24.5. The molecule has 0 aromatic carbocycles. The highest BCUT2D eigenvalue weighted by atomic mass is 16.6. The maximum atomic E-state index is 11.8. The van der Waals surface area contributed by atoms with E-state index >= 15 is 0 Å². The molecule has 9 heteroatoms. The first-order valence-corrected chi connectivity index (χ1v) is 7.67. The summed E-state index contributed by atoms with van der Waals surface area (Å²) in [5, 5.41) is 17.5. The molecule has 0 spiro atoms. The van der Waals surface area contributed by atoms with Crippen molar-refractivity contribution in [2.45, 2.75) is 33.3 Å². The Morgan fingerprint density at radius 3 is 2.62 bits per heavy atom. The number of carbonyl (C=O) groups is 1. The first-order chi connectivity index (χ1) is 11.3. The van der Waals surface area contributed by atoms with Crippen LogP contribution in [0.3, 0.4) is 0 Å². The third kappa shape index (κ3) is 4.46. The lowest BCUT2D eigenvalue weighted by Crippen LogP contribution is -2.46. The van der Waals surface area contributed by atoms with Crippen LogP contribution < -0.4 is 11.1 Å². The zero-order chi connectivity index (χ0) is 17.7. The minimum atomic E-state index is -0.818. The van der Waals surface area contributed by atoms with Crippen molar-refractivity contribution in [3.05, 3.63) is 22.1 Å². The van der Waals surface area contributed by atoms with Crippen molar-refractivity contribution in [2.24, 2.45) is 5.41 Å². The Labute approximate surface area is 139 Å². The smallest absolute Gasteiger partial charge is 0.441 e. The van der Waals surface area contributed by atoms with E-state index < -0.39 is 11.9 Å². The molecule has 1 aliphatic heterocycles. The Hall–Kier alpha value is -2.58. The number of ether oxygens (including phenoxy) is 1. The molecular formula is C15H22N4O5. The van der Waals surface area contributed by atoms with E-state index in [0.717, 1.165) is 19.1 Å². The molecule has 0 aliphatic carbocycles. The number of carbonyl (C=O) groups excluding carboxylic acids is 1. The number of likely N-dealkylation sites (tertiary alicyclic amines) is 1. The maximum absolute atomic E-state index is 11.8. The van der Waals surface area contributed by atoms with Gasteiger partial charge >= 0.3 is 11.9 Å². The van der Waals surface area contributed by atoms with E-state index in [9.17, 15) is 9.59 Å². The second-order valence-corrected chi connectivity index (χ2v) is 6.19. The Morgan fingerprint density at radius 1 is 1.42 bits per heavy atom. The van der Waals surface area contributed by atoms with Crippen LogP contribution in [0.25, 0.3) is 0 Å². The number of amidine groups is 1. The maximum Gasteiger partial charge on any atom is 0.519 e. The van der Waals surface area contributed by atoms with Crippen LogP contribution in [-0.2, 0) is 11.3 Å². The van der Waals surface area contributed by atoms with Gasteiger partial charge in [0.2, 0.25) is 0 Å². The number of hydrogen-bond acceptors (Lipinski definition) is 7. The summed E-state index contributed by atoms with van der Waals surface area (Å²) in [6, 6.07) is 0. The van der Waals surface area contributed by atoms with Gasteiger partial charge in [-0.3, -0.25) is 5.41 Å². The van der Waals surface area contributed by atoms with Crippen LogP contribution in [0, 0.1) is 23.2 Å². The number of piperidine rings is 1. The van der Waals surface area contributed by atoms with Gasteiger partial charge in [-0.15, -0.1) is 0 Å². The van der Waals surface area contributed by atoms with Crippen molar-refractivity contribution < 1.29 is 18.4 Å². The largest absolute Gasteiger partial charge is 0.519 e. The first kappa shape index (κ1) is 17.8. The quantitative estimate of drug-likeness (QED) is 0.550. The van der Waals surface area contributed by atoms with Crippen molar-refractivity contribution in [3.63, 3.8) is 0 Å². The van der Waals surface area contributed by atoms with Crippen molar-refractivity contribution >= 4 is 18.1 Å². The molecule has 0 bridgehead atoms. The number of hydrogen-bond donors (Lipinski definition) is 3. The highest BCUT2D eigenvalue weighted by molar-refractivity contribution is 6.26. The molecule has 1 fully saturated rings. The average molecular weight is 338 g/mol. The second kappa shape index (κ2) is 7.33. The zero-order valence-electron chi connectivity index (χ0n) is 13.8. The van der Waals surface area contributed by atoms with Crippen LogP contribution in [-0.4, -0.2) is 42.7 Å². The summed E-state index contributed by atoms with van der Waals surface area (Å²) in [5.41, 5.74) is -0.0874. The van der Waals surface area contributed by atoms with Gasteiger partial charge in [0.05, 0.1) is 6.21 Å². The van der Waals surface area contributed by atoms with E-state index in [1.807, 2.05) is 4.90 Å². The van der Waals surface area contributed by atoms with Gasteiger partial charge in [0.25, 0.3) is 0 Å². The lowest BCUT2D eigenvalue weighted by atomic mass is 9.80. The van der Waals surface area contributed by atoms with Crippen LogP contribution in [0.1, 0.15) is 31.3 Å². The fraction of sp³-hybridized carbons (Fsp3) is 0.600. The molecule has 1 saturated heterocycles. The molecule has 0 saturated carbocycles. The normalized spacial score (nSPS) is 16.5. The van der Waals surface area contributed by atoms with Crippen molar-refractivity contribution in [1.82, 2.24) is 10.2 Å². The summed E-state index contributed by atoms with van der Waals surface area (Å²) >= 11 is 0. The summed E-state index contributed by atoms with van der Waals surface area (Å²) in [7, 11) is 0. The summed E-state index contributed by atoms with van der Waals surface area (Å²) in [6.07, 6.45) is 2.06. The van der Waals surface area contributed by atoms with Gasteiger partial charge in [0.1, 0.15) is 5.84 Å². The van der Waals surface area contributed by atoms with E-state index in [-0.39, 0.29) is 23.6 Å². The van der Waals surface area contributed by atoms with Gasteiger partial charge < -0.3 is 29.2 Å². The number of nitrogens with one attached hydrogen (secondary N) is 3. The molecule has 1 aliphatic rings. The summed E-state index contributed by atoms with van der Waals surface area (Å²) in [6.45, 7) is 5.28. The lowest BCUT2D eigenvalue weighted by molar-refractivity contribution is 0.116. The highest BCUT2D eigenvalue weighted by Gasteiger charge is 2.31. The number of aryl methyl sites for hydroxylation is 1. The van der Waals surface area contributed by atoms with Crippen LogP contribution in [0.4, 0.5) is 4.79 Å². The minimum Gasteiger partial charge on any atom is -0.441 e. The molecular weight excluding hydrogens is 316 g/mol. The molecule has 132 valence electrons. The Balaban J connectivity index is 1.75. The predicted octanol–water partition coefficient (Wildman–Crippen LogP) is 1.50. The Bertz CT molecular complexity index is 670. The molecule has 24 heavy (non-hydrogen) atoms. The molecule has 3 N–H and O–H groups in total. The van der Waals surface area contributed by atoms with Gasteiger partial charge in [0, 0.05) is 19.6 Å². The molecule has 1 amide bonds. The van der Waals surface area contributed by atoms with Crippen molar-refractivity contribution in [3.8, 4) is 0 Å². The summed E-state index contributed by atoms with van der Waals surface area (Å²) in [5.74, 6) is -0.122. The zero-order valence-corrected chi connectivity index (χ0v) is 13.8. The predicted molar refractivity (Wildman–Crippen MR) is 85.6 cm³/mol. The van der Waals surface area contributed by atoms with Crippen LogP contribution >= 0.6 is 0 Å². The standard InChI is InChI=1S/C15H22N4O5/c1-10-11(24-14(21)23-10)8-22-13(20)18-9-15(2)3-5-19(6-4-15)12(17)7-16/h7,16-17H,3-6,8-9H2,1-2H3,(H,18,20). The van der Waals surface area contributed by atoms with Crippen LogP contribution in [0.2, 0.25) is 0 Å². The van der Waals surface area contributed by atoms with Gasteiger partial charge in [-0.25, -0.2) is 9.59 Å². The number of rotatable bonds is 5. The van der Waals surface area contributed by atoms with Gasteiger partial charge in [-0.2, -0.15) is 0 Å². The van der Waals surface area contributed by atoms with Gasteiger partial charge in [-0.05, 0) is 25.2 Å². The third-order valence-electron chi connectivity index (χ3n) is 4.28. The molecule has 2 heterocycles. The highest BCUT2D eigenvalue weighted by Crippen LogP contribution is 2.30. The fourth-order valence-electron chi connectivity index (χ4n) is 2.53. The van der Waals surface area contributed by atoms with Crippen LogP contribution in [0.5, 0.6) is 0 Å². The van der Waals surface area contributed by atoms with E-state index in [1.54, 1.807) is 6.92 Å². The number of alkyl carbamates (subject to hydrolysis) is 1. The fourth-order valence-corrected chi connectivity index (χ4v) is 2.53. The molecule has 1 aromatic rings. The topological polar surface area (TPSA) is 133 Å². The van der Waals surface area contributed by atoms with E-state index in [1.165, 1.54) is 0 Å². The first-order valence-electron chi connectivity index (χ1n) is 7.67. The second-order valence-electron chi connectivity index (χ2n) is 6.19. The molecule has 9 nitrogen and oxygen atoms in total. The molecule has 0 radical (unpaired) electrons. The Morgan fingerprint density at radius 2 is 2.08 bits per heavy atom. The third-order valence-corrected chi connectivity index (χ3v) is 4.28. The lowest BCUT2D eigenvalue weighted by Gasteiger charge is -2.39. The van der Waals surface area contributed by atoms with Crippen molar-refractivity contribution in [1.29, 1.82) is 10.8 Å². The molecule has 0 atom stereocenters. The minimum absolute atomic E-state index is 0.0874. The SMILES string of the molecule is Cc1oc(=O)oc1COC(=O)NCC1(C)CCN(C(=N)C=N)CC1. The van der Waals surface area contributed by atoms with Gasteiger partial charge in [0.15, 0.2) is 18.1 Å². The van der Waals surface area contributed by atoms with E-state index in [0.29, 0.717) is 25.4 Å². The Kier molecular flexibility index (Phi) is 5.42.